The fraction of sp³-hybridized carbons (Fsp3) is 0. The van der Waals surface area contributed by atoms with E-state index in [2.05, 4.69) is 231 Å². The Bertz CT molecular complexity index is 10800. The second-order valence-corrected chi connectivity index (χ2v) is 36.9. The van der Waals surface area contributed by atoms with Gasteiger partial charge in [0.2, 0.25) is 0 Å². The second kappa shape index (κ2) is 34.5. The van der Waals surface area contributed by atoms with Crippen LogP contribution in [0.1, 0.15) is 45.6 Å². The van der Waals surface area contributed by atoms with Gasteiger partial charge in [0.15, 0.2) is 45.6 Å². The van der Waals surface area contributed by atoms with Crippen LogP contribution in [-0.4, -0.2) is 69.8 Å². The Labute approximate surface area is 844 Å². The number of fused-ring (bicyclic) bond motifs is 54. The highest BCUT2D eigenvalue weighted by atomic mass is 32.1. The summed E-state index contributed by atoms with van der Waals surface area (Å²) in [4.78, 5) is 64.5. The molecule has 31 aromatic rings. The van der Waals surface area contributed by atoms with Crippen LogP contribution in [0, 0.1) is 90.6 Å². The highest BCUT2D eigenvalue weighted by molar-refractivity contribution is 7.26. The number of thiophene rings is 1. The zero-order chi connectivity index (χ0) is 99.9. The average Bonchev–Trinajstić information content (AvgIpc) is 1.36. The quantitative estimate of drug-likeness (QED) is 0.100. The summed E-state index contributed by atoms with van der Waals surface area (Å²) in [5.41, 5.74) is 9.56. The van der Waals surface area contributed by atoms with E-state index in [4.69, 9.17) is 15.0 Å². The van der Waals surface area contributed by atoms with Gasteiger partial charge in [-0.05, 0) is 162 Å². The van der Waals surface area contributed by atoms with Gasteiger partial charge in [-0.3, -0.25) is 29.9 Å². The smallest absolute Gasteiger partial charge is 0.177 e. The van der Waals surface area contributed by atoms with Crippen LogP contribution in [0.4, 0.5) is 0 Å². The number of pyridine rings is 2. The van der Waals surface area contributed by atoms with Crippen molar-refractivity contribution in [3.05, 3.63) is 398 Å². The Morgan fingerprint density at radius 2 is 0.383 bits per heavy atom. The lowest BCUT2D eigenvalue weighted by molar-refractivity contribution is 1.20. The summed E-state index contributed by atoms with van der Waals surface area (Å²) < 4.78 is 2.62. The topological polar surface area (TPSA) is 371 Å². The molecule has 31 rings (SSSR count). The van der Waals surface area contributed by atoms with Crippen molar-refractivity contribution in [2.75, 3.05) is 0 Å². The molecule has 0 saturated heterocycles. The summed E-state index contributed by atoms with van der Waals surface area (Å²) in [6, 6.07) is 124. The molecular formula is C126H58N22S. The lowest BCUT2D eigenvalue weighted by atomic mass is 9.90. The number of hydrogen-bond acceptors (Lipinski definition) is 23. The Kier molecular flexibility index (Phi) is 19.9. The van der Waals surface area contributed by atoms with Crippen LogP contribution in [0.25, 0.3) is 281 Å². The molecule has 22 aromatic carbocycles. The molecule has 0 amide bonds. The predicted octanol–water partition coefficient (Wildman–Crippen LogP) is 29.0. The third-order valence-electron chi connectivity index (χ3n) is 28.2. The largest absolute Gasteiger partial charge is 0.256 e. The van der Waals surface area contributed by atoms with Crippen LogP contribution >= 0.6 is 11.3 Å². The molecule has 22 nitrogen and oxygen atoms in total. The lowest BCUT2D eigenvalue weighted by Gasteiger charge is -2.15. The molecule has 0 aliphatic carbocycles. The first kappa shape index (κ1) is 86.1. The third kappa shape index (κ3) is 13.2. The molecular weight excluding hydrogens is 1850 g/mol. The van der Waals surface area contributed by atoms with Crippen molar-refractivity contribution in [3.63, 3.8) is 0 Å². The minimum atomic E-state index is -0.0126. The third-order valence-corrected chi connectivity index (χ3v) is 29.4. The van der Waals surface area contributed by atoms with E-state index < -0.39 is 0 Å². The van der Waals surface area contributed by atoms with E-state index in [0.29, 0.717) is 60.7 Å². The summed E-state index contributed by atoms with van der Waals surface area (Å²) in [7, 11) is 0. The number of hydrogen-bond donors (Lipinski definition) is 0. The minimum absolute atomic E-state index is 0.00628. The second-order valence-electron chi connectivity index (χ2n) is 35.8. The zero-order valence-corrected chi connectivity index (χ0v) is 78.5. The maximum absolute atomic E-state index is 9.58. The number of rotatable bonds is 0. The normalized spacial score (nSPS) is 11.4. The number of nitriles is 8. The Balaban J connectivity index is 0.0000000918. The van der Waals surface area contributed by atoms with E-state index in [-0.39, 0.29) is 45.6 Å². The molecule has 0 N–H and O–H groups in total. The van der Waals surface area contributed by atoms with E-state index >= 15 is 0 Å². The van der Waals surface area contributed by atoms with Crippen LogP contribution in [0.2, 0.25) is 0 Å². The Hall–Kier alpha value is -22.0. The first-order valence-corrected chi connectivity index (χ1v) is 48.2. The van der Waals surface area contributed by atoms with Crippen molar-refractivity contribution in [3.8, 4) is 48.6 Å². The highest BCUT2D eigenvalue weighted by Crippen LogP contribution is 2.50. The molecule has 0 aliphatic heterocycles. The van der Waals surface area contributed by atoms with Crippen molar-refractivity contribution in [1.29, 1.82) is 42.1 Å². The molecule has 0 fully saturated rings. The van der Waals surface area contributed by atoms with Gasteiger partial charge in [0.05, 0.1) is 44.1 Å². The SMILES string of the molecule is N#Cc1nc2c3ccccc3c3c4ccccc4c4ccccc4c3c2nc1C#N.N#Cc1nc2c3cccnc3c3c4ccccc4c4ccccc4c3c2nc1C#N.N#Cc1nc2c3ncccc3c3c4ccccc4c4ccccc4c3c2nc1C#N.N#Cc1nc2c3nccnc3c3c4ccccc4c4ccccc4c3c2nc1C#N.c1ccc2cc3c(cc2c1)c1cc2c(cc1c1nccnc31)sc1ccccc12. The van der Waals surface area contributed by atoms with Crippen LogP contribution in [0.3, 0.4) is 0 Å². The average molecular weight is 1910 g/mol. The molecule has 9 heterocycles. The van der Waals surface area contributed by atoms with Crippen molar-refractivity contribution in [1.82, 2.24) is 69.8 Å². The molecule has 0 spiro atoms. The van der Waals surface area contributed by atoms with Crippen molar-refractivity contribution in [2.24, 2.45) is 0 Å². The van der Waals surface area contributed by atoms with Gasteiger partial charge in [-0.15, -0.1) is 11.3 Å². The predicted molar refractivity (Wildman–Crippen MR) is 592 cm³/mol. The van der Waals surface area contributed by atoms with Crippen molar-refractivity contribution < 1.29 is 0 Å². The first-order chi connectivity index (χ1) is 73.6. The first-order valence-electron chi connectivity index (χ1n) is 47.4. The van der Waals surface area contributed by atoms with Gasteiger partial charge >= 0.3 is 0 Å². The summed E-state index contributed by atoms with van der Waals surface area (Å²) in [5.74, 6) is 0. The molecule has 0 atom stereocenters. The van der Waals surface area contributed by atoms with Crippen LogP contribution in [-0.2, 0) is 0 Å². The fourth-order valence-corrected chi connectivity index (χ4v) is 23.3. The maximum Gasteiger partial charge on any atom is 0.177 e. The fourth-order valence-electron chi connectivity index (χ4n) is 22.1. The van der Waals surface area contributed by atoms with Crippen LogP contribution < -0.4 is 0 Å². The van der Waals surface area contributed by atoms with E-state index in [9.17, 15) is 42.1 Å². The number of nitrogens with zero attached hydrogens (tertiary/aromatic N) is 22. The van der Waals surface area contributed by atoms with Gasteiger partial charge in [0.25, 0.3) is 0 Å². The van der Waals surface area contributed by atoms with E-state index in [1.807, 2.05) is 199 Å². The number of aromatic nitrogens is 14. The molecule has 0 radical (unpaired) electrons. The van der Waals surface area contributed by atoms with E-state index in [0.717, 1.165) is 167 Å². The molecule has 149 heavy (non-hydrogen) atoms. The van der Waals surface area contributed by atoms with Crippen molar-refractivity contribution >= 4 is 292 Å². The molecule has 0 saturated carbocycles. The van der Waals surface area contributed by atoms with Crippen molar-refractivity contribution in [2.45, 2.75) is 0 Å². The zero-order valence-electron chi connectivity index (χ0n) is 77.7. The van der Waals surface area contributed by atoms with Crippen LogP contribution in [0.15, 0.2) is 353 Å². The number of benzene rings is 22. The van der Waals surface area contributed by atoms with Gasteiger partial charge in [-0.1, -0.05) is 267 Å². The van der Waals surface area contributed by atoms with E-state index in [1.165, 1.54) is 52.5 Å². The Morgan fingerprint density at radius 1 is 0.141 bits per heavy atom. The van der Waals surface area contributed by atoms with Gasteiger partial charge in [-0.25, -0.2) is 39.9 Å². The molecule has 23 heteroatoms. The van der Waals surface area contributed by atoms with E-state index in [1.54, 1.807) is 37.2 Å². The van der Waals surface area contributed by atoms with Gasteiger partial charge in [0, 0.05) is 127 Å². The molecule has 678 valence electrons. The summed E-state index contributed by atoms with van der Waals surface area (Å²) >= 11 is 1.84. The maximum atomic E-state index is 9.58. The standard InChI is InChI=1S/C26H12N4.C26H14N2S.2C25H11N5.C24H10N6/c27-13-21-22(14-28)30-26-24-18-10-4-2-8-16(18)15-7-1-3-9-17(15)23(24)19-11-5-6-12-20(19)25(26)29-21;1-2-6-16-12-21-18(11-15(16)5-1)19-13-20-17-7-3-4-8-23(17)29-24(20)14-22(19)26-25(21)27-9-10-28-26;26-12-19-20(13-27)30-25-22-17-9-4-2-7-15(17)14-6-1-3-8-16(14)21(22)23-18(24(25)29-19)10-5-11-28-23;26-12-19-20(13-27)30-25-23-18(10-5-11-28-23)21-16-8-3-1-6-14(16)15-7-2-4-9-17(15)22(21)24(25)29-19;25-11-17-18(12-26)30-24-22(29-17)20-16-8-4-2-6-14(16)13-5-1-3-7-15(13)19(20)21-23(24)28-10-9-27-21/h1-12H;1-14H;2*1-11H;1-10H. The molecule has 9 aromatic heterocycles. The summed E-state index contributed by atoms with van der Waals surface area (Å²) in [6.07, 6.45) is 10.3. The molecule has 0 aliphatic rings. The summed E-state index contributed by atoms with van der Waals surface area (Å²) in [5, 5.41) is 115. The highest BCUT2D eigenvalue weighted by Gasteiger charge is 2.28. The monoisotopic (exact) mass is 1910 g/mol. The minimum Gasteiger partial charge on any atom is -0.256 e. The van der Waals surface area contributed by atoms with Gasteiger partial charge < -0.3 is 0 Å². The molecule has 0 bridgehead atoms. The van der Waals surface area contributed by atoms with Gasteiger partial charge in [-0.2, -0.15) is 42.1 Å². The Morgan fingerprint density at radius 3 is 0.792 bits per heavy atom. The summed E-state index contributed by atoms with van der Waals surface area (Å²) in [6.45, 7) is 0. The van der Waals surface area contributed by atoms with Crippen LogP contribution in [0.5, 0.6) is 0 Å². The molecule has 0 unspecified atom stereocenters. The lowest BCUT2D eigenvalue weighted by Crippen LogP contribution is -1.99. The van der Waals surface area contributed by atoms with Gasteiger partial charge in [0.1, 0.15) is 81.7 Å².